The molecule has 2 rings (SSSR count). The third kappa shape index (κ3) is 2.40. The quantitative estimate of drug-likeness (QED) is 0.561. The second-order valence-electron chi connectivity index (χ2n) is 3.75. The molecule has 4 nitrogen and oxygen atoms in total. The minimum atomic E-state index is 0.101. The van der Waals surface area contributed by atoms with Gasteiger partial charge in [-0.25, -0.2) is 4.99 Å². The van der Waals surface area contributed by atoms with Gasteiger partial charge in [0.25, 0.3) is 0 Å². The van der Waals surface area contributed by atoms with Gasteiger partial charge < -0.3 is 16.4 Å². The molecule has 1 heterocycles. The molecule has 1 aromatic rings. The summed E-state index contributed by atoms with van der Waals surface area (Å²) >= 11 is 0. The fraction of sp³-hybridized carbons (Fsp3) is 0.364. The molecule has 0 aliphatic carbocycles. The predicted octanol–water partition coefficient (Wildman–Crippen LogP) is 1.19. The van der Waals surface area contributed by atoms with Crippen molar-refractivity contribution in [1.29, 1.82) is 0 Å². The van der Waals surface area contributed by atoms with E-state index in [-0.39, 0.29) is 5.96 Å². The van der Waals surface area contributed by atoms with Gasteiger partial charge >= 0.3 is 0 Å². The average Bonchev–Trinajstić information content (AvgIpc) is 2.71. The number of aliphatic imine (C=N–C) groups is 1. The zero-order valence-electron chi connectivity index (χ0n) is 8.69. The Bertz CT molecular complexity index is 345. The summed E-state index contributed by atoms with van der Waals surface area (Å²) in [5, 5.41) is 0. The number of guanidine groups is 1. The van der Waals surface area contributed by atoms with Crippen molar-refractivity contribution >= 4 is 17.3 Å². The molecule has 0 atom stereocenters. The summed E-state index contributed by atoms with van der Waals surface area (Å²) in [7, 11) is 0. The van der Waals surface area contributed by atoms with Gasteiger partial charge in [-0.05, 0) is 37.1 Å². The lowest BCUT2D eigenvalue weighted by atomic mass is 10.2. The fourth-order valence-corrected chi connectivity index (χ4v) is 1.86. The lowest BCUT2D eigenvalue weighted by Crippen LogP contribution is -2.21. The molecule has 0 spiro atoms. The van der Waals surface area contributed by atoms with Gasteiger partial charge in [0.15, 0.2) is 5.96 Å². The van der Waals surface area contributed by atoms with Crippen LogP contribution in [0.1, 0.15) is 12.8 Å². The van der Waals surface area contributed by atoms with Crippen LogP contribution < -0.4 is 16.4 Å². The molecule has 4 N–H and O–H groups in total. The molecular formula is C11H16N4. The van der Waals surface area contributed by atoms with Crippen molar-refractivity contribution < 1.29 is 0 Å². The summed E-state index contributed by atoms with van der Waals surface area (Å²) in [6.07, 6.45) is 2.57. The highest BCUT2D eigenvalue weighted by Gasteiger charge is 2.11. The molecule has 0 aromatic heterocycles. The number of hydrogen-bond donors (Lipinski definition) is 2. The smallest absolute Gasteiger partial charge is 0.191 e. The minimum Gasteiger partial charge on any atom is -0.372 e. The largest absolute Gasteiger partial charge is 0.372 e. The average molecular weight is 204 g/mol. The molecule has 1 aliphatic heterocycles. The molecule has 0 unspecified atom stereocenters. The molecule has 15 heavy (non-hydrogen) atoms. The lowest BCUT2D eigenvalue weighted by Gasteiger charge is -2.17. The summed E-state index contributed by atoms with van der Waals surface area (Å²) in [5.41, 5.74) is 12.7. The number of nitrogens with zero attached hydrogens (tertiary/aromatic N) is 2. The highest BCUT2D eigenvalue weighted by atomic mass is 15.1. The van der Waals surface area contributed by atoms with Gasteiger partial charge in [-0.3, -0.25) is 0 Å². The van der Waals surface area contributed by atoms with Crippen LogP contribution in [0.3, 0.4) is 0 Å². The number of nitrogens with two attached hydrogens (primary N) is 2. The Kier molecular flexibility index (Phi) is 2.76. The van der Waals surface area contributed by atoms with Crippen molar-refractivity contribution in [3.05, 3.63) is 24.3 Å². The highest BCUT2D eigenvalue weighted by Crippen LogP contribution is 2.22. The lowest BCUT2D eigenvalue weighted by molar-refractivity contribution is 0.949. The van der Waals surface area contributed by atoms with E-state index >= 15 is 0 Å². The third-order valence-electron chi connectivity index (χ3n) is 2.58. The Hall–Kier alpha value is -1.71. The van der Waals surface area contributed by atoms with Crippen molar-refractivity contribution in [2.45, 2.75) is 12.8 Å². The molecule has 0 amide bonds. The van der Waals surface area contributed by atoms with E-state index in [0.717, 1.165) is 18.8 Å². The third-order valence-corrected chi connectivity index (χ3v) is 2.58. The van der Waals surface area contributed by atoms with Gasteiger partial charge in [-0.15, -0.1) is 0 Å². The van der Waals surface area contributed by atoms with Crippen molar-refractivity contribution in [1.82, 2.24) is 0 Å². The van der Waals surface area contributed by atoms with E-state index in [1.165, 1.54) is 18.5 Å². The maximum Gasteiger partial charge on any atom is 0.191 e. The molecule has 1 aromatic carbocycles. The summed E-state index contributed by atoms with van der Waals surface area (Å²) in [4.78, 5) is 6.36. The van der Waals surface area contributed by atoms with Gasteiger partial charge in [0.1, 0.15) is 0 Å². The minimum absolute atomic E-state index is 0.101. The number of anilines is 1. The first-order valence-electron chi connectivity index (χ1n) is 5.20. The first kappa shape index (κ1) is 9.83. The second kappa shape index (κ2) is 4.21. The summed E-state index contributed by atoms with van der Waals surface area (Å²) in [6.45, 7) is 2.31. The van der Waals surface area contributed by atoms with Crippen LogP contribution in [0.2, 0.25) is 0 Å². The monoisotopic (exact) mass is 204 g/mol. The van der Waals surface area contributed by atoms with Crippen LogP contribution in [-0.2, 0) is 0 Å². The molecule has 1 saturated heterocycles. The van der Waals surface area contributed by atoms with Crippen molar-refractivity contribution in [2.75, 3.05) is 18.0 Å². The molecular weight excluding hydrogens is 188 g/mol. The Morgan fingerprint density at radius 2 is 1.67 bits per heavy atom. The van der Waals surface area contributed by atoms with Crippen molar-refractivity contribution in [3.8, 4) is 0 Å². The first-order chi connectivity index (χ1) is 7.25. The van der Waals surface area contributed by atoms with Crippen LogP contribution in [0.25, 0.3) is 0 Å². The number of benzene rings is 1. The van der Waals surface area contributed by atoms with E-state index < -0.39 is 0 Å². The zero-order valence-corrected chi connectivity index (χ0v) is 8.69. The molecule has 0 bridgehead atoms. The van der Waals surface area contributed by atoms with Crippen LogP contribution in [0.5, 0.6) is 0 Å². The number of rotatable bonds is 2. The van der Waals surface area contributed by atoms with E-state index in [0.29, 0.717) is 0 Å². The standard InChI is InChI=1S/C11H16N4/c12-11(13)14-9-3-5-10(6-4-9)15-7-1-2-8-15/h3-6H,1-2,7-8H2,(H4,12,13,14). The fourth-order valence-electron chi connectivity index (χ4n) is 1.86. The Labute approximate surface area is 89.6 Å². The molecule has 0 saturated carbocycles. The van der Waals surface area contributed by atoms with E-state index in [1.807, 2.05) is 12.1 Å². The first-order valence-corrected chi connectivity index (χ1v) is 5.20. The maximum absolute atomic E-state index is 5.30. The van der Waals surface area contributed by atoms with Gasteiger partial charge in [0.05, 0.1) is 5.69 Å². The Balaban J connectivity index is 2.13. The van der Waals surface area contributed by atoms with Gasteiger partial charge in [0.2, 0.25) is 0 Å². The number of hydrogen-bond acceptors (Lipinski definition) is 2. The summed E-state index contributed by atoms with van der Waals surface area (Å²) in [5.74, 6) is 0.101. The van der Waals surface area contributed by atoms with E-state index in [1.54, 1.807) is 0 Å². The summed E-state index contributed by atoms with van der Waals surface area (Å²) in [6, 6.07) is 8.00. The van der Waals surface area contributed by atoms with Crippen LogP contribution >= 0.6 is 0 Å². The molecule has 1 fully saturated rings. The van der Waals surface area contributed by atoms with Gasteiger partial charge in [0, 0.05) is 18.8 Å². The topological polar surface area (TPSA) is 67.6 Å². The molecule has 80 valence electrons. The van der Waals surface area contributed by atoms with E-state index in [4.69, 9.17) is 11.5 Å². The Morgan fingerprint density at radius 3 is 2.20 bits per heavy atom. The molecule has 1 aliphatic rings. The predicted molar refractivity (Wildman–Crippen MR) is 63.4 cm³/mol. The normalized spacial score (nSPS) is 15.3. The molecule has 4 heteroatoms. The second-order valence-corrected chi connectivity index (χ2v) is 3.75. The van der Waals surface area contributed by atoms with Crippen LogP contribution in [0.15, 0.2) is 29.3 Å². The van der Waals surface area contributed by atoms with E-state index in [9.17, 15) is 0 Å². The van der Waals surface area contributed by atoms with Crippen LogP contribution in [0, 0.1) is 0 Å². The van der Waals surface area contributed by atoms with Gasteiger partial charge in [-0.1, -0.05) is 0 Å². The van der Waals surface area contributed by atoms with E-state index in [2.05, 4.69) is 22.0 Å². The Morgan fingerprint density at radius 1 is 1.07 bits per heavy atom. The highest BCUT2D eigenvalue weighted by molar-refractivity contribution is 5.79. The SMILES string of the molecule is NC(N)=Nc1ccc(N2CCCC2)cc1. The van der Waals surface area contributed by atoms with Crippen molar-refractivity contribution in [2.24, 2.45) is 16.5 Å². The molecule has 0 radical (unpaired) electrons. The van der Waals surface area contributed by atoms with Crippen LogP contribution in [-0.4, -0.2) is 19.0 Å². The maximum atomic E-state index is 5.30. The van der Waals surface area contributed by atoms with Gasteiger partial charge in [-0.2, -0.15) is 0 Å². The zero-order chi connectivity index (χ0) is 10.7. The van der Waals surface area contributed by atoms with Crippen molar-refractivity contribution in [3.63, 3.8) is 0 Å². The summed E-state index contributed by atoms with van der Waals surface area (Å²) < 4.78 is 0. The van der Waals surface area contributed by atoms with Crippen LogP contribution in [0.4, 0.5) is 11.4 Å².